The van der Waals surface area contributed by atoms with Crippen LogP contribution in [0.1, 0.15) is 40.0 Å². The number of benzene rings is 2. The average molecular weight is 437 g/mol. The molecule has 1 aliphatic rings. The SMILES string of the molecule is Cn1c(=O)c(C(=O)CCC2OCCCO2)c(O)c2ccc(-c3ccc(C(=O)O)cc3)cc21. The maximum absolute atomic E-state index is 12.9. The normalized spacial score (nSPS) is 14.5. The smallest absolute Gasteiger partial charge is 0.335 e. The highest BCUT2D eigenvalue weighted by Gasteiger charge is 2.23. The van der Waals surface area contributed by atoms with Crippen molar-refractivity contribution >= 4 is 22.7 Å². The minimum Gasteiger partial charge on any atom is -0.506 e. The Morgan fingerprint density at radius 1 is 1.06 bits per heavy atom. The van der Waals surface area contributed by atoms with Gasteiger partial charge >= 0.3 is 5.97 Å². The van der Waals surface area contributed by atoms with E-state index < -0.39 is 23.6 Å². The van der Waals surface area contributed by atoms with Gasteiger partial charge in [-0.05, 0) is 41.8 Å². The van der Waals surface area contributed by atoms with Gasteiger partial charge in [-0.3, -0.25) is 9.59 Å². The number of carbonyl (C=O) groups is 2. The van der Waals surface area contributed by atoms with Crippen LogP contribution in [0.4, 0.5) is 0 Å². The van der Waals surface area contributed by atoms with Gasteiger partial charge in [0.2, 0.25) is 0 Å². The standard InChI is InChI=1S/C24H23NO7/c1-25-18-13-16(14-3-5-15(6-4-14)24(29)30)7-8-17(18)22(27)21(23(25)28)19(26)9-10-20-31-11-2-12-32-20/h3-8,13,20,27H,2,9-12H2,1H3,(H,29,30). The molecule has 3 aromatic rings. The molecule has 32 heavy (non-hydrogen) atoms. The van der Waals surface area contributed by atoms with Gasteiger partial charge in [0, 0.05) is 25.3 Å². The van der Waals surface area contributed by atoms with Gasteiger partial charge in [0.1, 0.15) is 11.3 Å². The quantitative estimate of drug-likeness (QED) is 0.568. The van der Waals surface area contributed by atoms with Crippen LogP contribution in [0, 0.1) is 0 Å². The number of aryl methyl sites for hydroxylation is 1. The summed E-state index contributed by atoms with van der Waals surface area (Å²) in [5, 5.41) is 20.2. The first-order valence-corrected chi connectivity index (χ1v) is 10.3. The minimum absolute atomic E-state index is 0.0208. The van der Waals surface area contributed by atoms with Crippen LogP contribution in [0.15, 0.2) is 47.3 Å². The number of Topliss-reactive ketones (excluding diaryl/α,β-unsaturated/α-hetero) is 1. The van der Waals surface area contributed by atoms with Crippen LogP contribution in [0.5, 0.6) is 5.75 Å². The average Bonchev–Trinajstić information content (AvgIpc) is 2.82. The molecule has 0 amide bonds. The number of rotatable bonds is 6. The lowest BCUT2D eigenvalue weighted by molar-refractivity contribution is -0.180. The number of nitrogens with zero attached hydrogens (tertiary/aromatic N) is 1. The van der Waals surface area contributed by atoms with E-state index in [2.05, 4.69) is 0 Å². The van der Waals surface area contributed by atoms with Gasteiger partial charge in [-0.25, -0.2) is 4.79 Å². The monoisotopic (exact) mass is 437 g/mol. The largest absolute Gasteiger partial charge is 0.506 e. The van der Waals surface area contributed by atoms with Crippen molar-refractivity contribution in [3.05, 3.63) is 63.9 Å². The third-order valence-corrected chi connectivity index (χ3v) is 5.62. The second-order valence-electron chi connectivity index (χ2n) is 7.69. The first-order valence-electron chi connectivity index (χ1n) is 10.3. The summed E-state index contributed by atoms with van der Waals surface area (Å²) in [5.74, 6) is -1.82. The number of ether oxygens (including phenoxy) is 2. The topological polar surface area (TPSA) is 115 Å². The Kier molecular flexibility index (Phi) is 6.07. The van der Waals surface area contributed by atoms with E-state index in [-0.39, 0.29) is 23.3 Å². The maximum atomic E-state index is 12.9. The molecule has 0 bridgehead atoms. The molecule has 1 aliphatic heterocycles. The zero-order valence-corrected chi connectivity index (χ0v) is 17.5. The Labute approximate surface area is 183 Å². The fourth-order valence-corrected chi connectivity index (χ4v) is 3.84. The van der Waals surface area contributed by atoms with Gasteiger partial charge in [-0.1, -0.05) is 18.2 Å². The van der Waals surface area contributed by atoms with Gasteiger partial charge in [-0.2, -0.15) is 0 Å². The fraction of sp³-hybridized carbons (Fsp3) is 0.292. The summed E-state index contributed by atoms with van der Waals surface area (Å²) >= 11 is 0. The van der Waals surface area contributed by atoms with Gasteiger partial charge in [0.25, 0.3) is 5.56 Å². The van der Waals surface area contributed by atoms with Crippen LogP contribution in [0.2, 0.25) is 0 Å². The minimum atomic E-state index is -1.01. The lowest BCUT2D eigenvalue weighted by atomic mass is 9.99. The molecule has 4 rings (SSSR count). The molecule has 0 atom stereocenters. The van der Waals surface area contributed by atoms with Crippen molar-refractivity contribution in [1.29, 1.82) is 0 Å². The molecule has 1 fully saturated rings. The number of fused-ring (bicyclic) bond motifs is 1. The molecule has 2 heterocycles. The molecule has 0 radical (unpaired) electrons. The third-order valence-electron chi connectivity index (χ3n) is 5.62. The van der Waals surface area contributed by atoms with Crippen molar-refractivity contribution in [3.63, 3.8) is 0 Å². The van der Waals surface area contributed by atoms with E-state index in [1.807, 2.05) is 0 Å². The Balaban J connectivity index is 1.66. The summed E-state index contributed by atoms with van der Waals surface area (Å²) in [5.41, 5.74) is 1.32. The molecule has 0 unspecified atom stereocenters. The zero-order valence-electron chi connectivity index (χ0n) is 17.5. The highest BCUT2D eigenvalue weighted by atomic mass is 16.7. The molecule has 8 heteroatoms. The molecular formula is C24H23NO7. The van der Waals surface area contributed by atoms with Crippen molar-refractivity contribution < 1.29 is 29.3 Å². The molecule has 2 N–H and O–H groups in total. The lowest BCUT2D eigenvalue weighted by Gasteiger charge is -2.22. The Hall–Kier alpha value is -3.49. The molecule has 1 aromatic heterocycles. The Bertz CT molecular complexity index is 1240. The molecule has 0 spiro atoms. The van der Waals surface area contributed by atoms with E-state index in [0.717, 1.165) is 17.5 Å². The number of pyridine rings is 1. The van der Waals surface area contributed by atoms with Crippen molar-refractivity contribution in [2.45, 2.75) is 25.6 Å². The van der Waals surface area contributed by atoms with E-state index in [1.54, 1.807) is 37.4 Å². The van der Waals surface area contributed by atoms with Crippen molar-refractivity contribution in [1.82, 2.24) is 4.57 Å². The van der Waals surface area contributed by atoms with Gasteiger partial charge in [0.05, 0.1) is 24.3 Å². The summed E-state index contributed by atoms with van der Waals surface area (Å²) in [6.45, 7) is 1.15. The molecule has 2 aromatic carbocycles. The van der Waals surface area contributed by atoms with E-state index in [1.165, 1.54) is 16.7 Å². The van der Waals surface area contributed by atoms with E-state index in [4.69, 9.17) is 14.6 Å². The van der Waals surface area contributed by atoms with Crippen LogP contribution in [0.25, 0.3) is 22.0 Å². The van der Waals surface area contributed by atoms with E-state index in [0.29, 0.717) is 30.5 Å². The Morgan fingerprint density at radius 3 is 2.38 bits per heavy atom. The van der Waals surface area contributed by atoms with Crippen LogP contribution in [-0.4, -0.2) is 46.0 Å². The van der Waals surface area contributed by atoms with Gasteiger partial charge in [0.15, 0.2) is 12.1 Å². The summed E-state index contributed by atoms with van der Waals surface area (Å²) in [4.78, 5) is 36.7. The van der Waals surface area contributed by atoms with Crippen molar-refractivity contribution in [3.8, 4) is 16.9 Å². The van der Waals surface area contributed by atoms with Crippen molar-refractivity contribution in [2.75, 3.05) is 13.2 Å². The summed E-state index contributed by atoms with van der Waals surface area (Å²) in [6, 6.07) is 11.5. The summed E-state index contributed by atoms with van der Waals surface area (Å²) in [6.07, 6.45) is 0.661. The highest BCUT2D eigenvalue weighted by molar-refractivity contribution is 6.04. The molecular weight excluding hydrogens is 414 g/mol. The van der Waals surface area contributed by atoms with Crippen LogP contribution < -0.4 is 5.56 Å². The predicted octanol–water partition coefficient (Wildman–Crippen LogP) is 3.34. The first-order chi connectivity index (χ1) is 15.4. The van der Waals surface area contributed by atoms with Gasteiger partial charge < -0.3 is 24.3 Å². The third kappa shape index (κ3) is 4.15. The number of hydrogen-bond donors (Lipinski definition) is 2. The second-order valence-corrected chi connectivity index (χ2v) is 7.69. The number of hydrogen-bond acceptors (Lipinski definition) is 6. The second kappa shape index (κ2) is 8.94. The first kappa shape index (κ1) is 21.7. The van der Waals surface area contributed by atoms with Gasteiger partial charge in [-0.15, -0.1) is 0 Å². The summed E-state index contributed by atoms with van der Waals surface area (Å²) in [7, 11) is 1.55. The number of carbonyl (C=O) groups excluding carboxylic acids is 1. The number of aromatic carboxylic acids is 1. The summed E-state index contributed by atoms with van der Waals surface area (Å²) < 4.78 is 12.2. The fourth-order valence-electron chi connectivity index (χ4n) is 3.84. The molecule has 8 nitrogen and oxygen atoms in total. The number of carboxylic acid groups (broad SMARTS) is 1. The molecule has 0 saturated carbocycles. The maximum Gasteiger partial charge on any atom is 0.335 e. The number of aromatic nitrogens is 1. The van der Waals surface area contributed by atoms with Crippen LogP contribution in [-0.2, 0) is 16.5 Å². The Morgan fingerprint density at radius 2 is 1.72 bits per heavy atom. The van der Waals surface area contributed by atoms with Crippen LogP contribution >= 0.6 is 0 Å². The number of aromatic hydroxyl groups is 1. The predicted molar refractivity (Wildman–Crippen MR) is 117 cm³/mol. The van der Waals surface area contributed by atoms with E-state index in [9.17, 15) is 19.5 Å². The van der Waals surface area contributed by atoms with E-state index >= 15 is 0 Å². The van der Waals surface area contributed by atoms with Crippen LogP contribution in [0.3, 0.4) is 0 Å². The highest BCUT2D eigenvalue weighted by Crippen LogP contribution is 2.31. The number of carboxylic acids is 1. The number of ketones is 1. The lowest BCUT2D eigenvalue weighted by Crippen LogP contribution is -2.28. The van der Waals surface area contributed by atoms with Crippen molar-refractivity contribution in [2.24, 2.45) is 7.05 Å². The zero-order chi connectivity index (χ0) is 22.8. The molecule has 1 saturated heterocycles. The molecule has 0 aliphatic carbocycles. The molecule has 166 valence electrons.